The molecule has 0 aliphatic heterocycles. The second-order valence-electron chi connectivity index (χ2n) is 5.76. The molecule has 0 bridgehead atoms. The third kappa shape index (κ3) is 2.67. The van der Waals surface area contributed by atoms with Crippen molar-refractivity contribution >= 4 is 12.1 Å². The van der Waals surface area contributed by atoms with Gasteiger partial charge in [-0.25, -0.2) is 0 Å². The molecule has 0 amide bonds. The van der Waals surface area contributed by atoms with E-state index >= 15 is 0 Å². The summed E-state index contributed by atoms with van der Waals surface area (Å²) < 4.78 is 1.84. The Bertz CT molecular complexity index is 444. The Morgan fingerprint density at radius 1 is 1.37 bits per heavy atom. The highest BCUT2D eigenvalue weighted by atomic mass is 16.1. The summed E-state index contributed by atoms with van der Waals surface area (Å²) in [5.41, 5.74) is 1.56. The Labute approximate surface area is 115 Å². The highest BCUT2D eigenvalue weighted by Crippen LogP contribution is 2.32. The second-order valence-corrected chi connectivity index (χ2v) is 5.76. The van der Waals surface area contributed by atoms with Crippen LogP contribution in [0, 0.1) is 12.8 Å². The number of hydrogen-bond donors (Lipinski definition) is 0. The van der Waals surface area contributed by atoms with Crippen LogP contribution in [0.1, 0.15) is 55.1 Å². The van der Waals surface area contributed by atoms with Crippen molar-refractivity contribution in [2.24, 2.45) is 13.0 Å². The zero-order valence-corrected chi connectivity index (χ0v) is 12.5. The van der Waals surface area contributed by atoms with Gasteiger partial charge in [0.05, 0.1) is 11.3 Å². The van der Waals surface area contributed by atoms with E-state index in [9.17, 15) is 4.79 Å². The van der Waals surface area contributed by atoms with Crippen molar-refractivity contribution in [2.45, 2.75) is 52.0 Å². The summed E-state index contributed by atoms with van der Waals surface area (Å²) in [5.74, 6) is 1.86. The van der Waals surface area contributed by atoms with E-state index in [1.165, 1.54) is 32.1 Å². The first kappa shape index (κ1) is 14.1. The lowest BCUT2D eigenvalue weighted by Crippen LogP contribution is -2.36. The van der Waals surface area contributed by atoms with E-state index in [1.54, 1.807) is 0 Å². The molecule has 19 heavy (non-hydrogen) atoms. The van der Waals surface area contributed by atoms with Crippen LogP contribution in [-0.4, -0.2) is 29.2 Å². The molecule has 2 rings (SSSR count). The maximum Gasteiger partial charge on any atom is 0.155 e. The first-order chi connectivity index (χ1) is 9.08. The molecule has 1 aromatic rings. The molecular weight excluding hydrogens is 238 g/mol. The summed E-state index contributed by atoms with van der Waals surface area (Å²) in [6, 6.07) is 0.538. The lowest BCUT2D eigenvalue weighted by molar-refractivity contribution is 0.112. The van der Waals surface area contributed by atoms with Gasteiger partial charge in [0.15, 0.2) is 6.29 Å². The molecule has 0 spiro atoms. The minimum atomic E-state index is 0.538. The van der Waals surface area contributed by atoms with Crippen molar-refractivity contribution < 1.29 is 4.79 Å². The SMILES string of the molecule is CCC1CCC(N(C)c2c(C=O)c(C)nn2C)CC1. The number of rotatable bonds is 4. The highest BCUT2D eigenvalue weighted by molar-refractivity contribution is 5.84. The Kier molecular flexibility index (Phi) is 4.27. The maximum atomic E-state index is 11.3. The van der Waals surface area contributed by atoms with Crippen LogP contribution in [0.2, 0.25) is 0 Å². The van der Waals surface area contributed by atoms with Crippen LogP contribution in [0.15, 0.2) is 0 Å². The average Bonchev–Trinajstić information content (AvgIpc) is 2.72. The van der Waals surface area contributed by atoms with E-state index in [2.05, 4.69) is 24.0 Å². The number of carbonyl (C=O) groups excluding carboxylic acids is 1. The second kappa shape index (κ2) is 5.76. The Morgan fingerprint density at radius 2 is 2.00 bits per heavy atom. The first-order valence-electron chi connectivity index (χ1n) is 7.30. The van der Waals surface area contributed by atoms with Crippen LogP contribution in [0.3, 0.4) is 0 Å². The van der Waals surface area contributed by atoms with Crippen LogP contribution in [0.25, 0.3) is 0 Å². The topological polar surface area (TPSA) is 38.1 Å². The van der Waals surface area contributed by atoms with Gasteiger partial charge in [0, 0.05) is 20.1 Å². The number of aromatic nitrogens is 2. The molecule has 4 nitrogen and oxygen atoms in total. The number of aldehydes is 1. The zero-order chi connectivity index (χ0) is 14.0. The quantitative estimate of drug-likeness (QED) is 0.784. The van der Waals surface area contributed by atoms with Crippen molar-refractivity contribution in [1.82, 2.24) is 9.78 Å². The fourth-order valence-electron chi connectivity index (χ4n) is 3.33. The van der Waals surface area contributed by atoms with Gasteiger partial charge in [0.25, 0.3) is 0 Å². The minimum Gasteiger partial charge on any atom is -0.356 e. The predicted octanol–water partition coefficient (Wildman–Crippen LogP) is 2.95. The predicted molar refractivity (Wildman–Crippen MR) is 77.8 cm³/mol. The molecule has 4 heteroatoms. The fourth-order valence-corrected chi connectivity index (χ4v) is 3.33. The van der Waals surface area contributed by atoms with Gasteiger partial charge in [-0.2, -0.15) is 5.10 Å². The number of hydrogen-bond acceptors (Lipinski definition) is 3. The molecular formula is C15H25N3O. The largest absolute Gasteiger partial charge is 0.356 e. The van der Waals surface area contributed by atoms with Gasteiger partial charge in [-0.05, 0) is 38.5 Å². The molecule has 0 N–H and O–H groups in total. The standard InChI is InChI=1S/C15H25N3O/c1-5-12-6-8-13(9-7-12)17(3)15-14(10-19)11(2)16-18(15)4/h10,12-13H,5-9H2,1-4H3. The third-order valence-electron chi connectivity index (χ3n) is 4.63. The van der Waals surface area contributed by atoms with Crippen LogP contribution < -0.4 is 4.90 Å². The molecule has 0 unspecified atom stereocenters. The van der Waals surface area contributed by atoms with E-state index in [-0.39, 0.29) is 0 Å². The van der Waals surface area contributed by atoms with Gasteiger partial charge in [-0.3, -0.25) is 9.48 Å². The van der Waals surface area contributed by atoms with E-state index in [0.29, 0.717) is 6.04 Å². The van der Waals surface area contributed by atoms with Crippen LogP contribution in [0.4, 0.5) is 5.82 Å². The zero-order valence-electron chi connectivity index (χ0n) is 12.5. The molecule has 0 radical (unpaired) electrons. The van der Waals surface area contributed by atoms with Crippen molar-refractivity contribution in [3.63, 3.8) is 0 Å². The monoisotopic (exact) mass is 263 g/mol. The molecule has 1 fully saturated rings. The molecule has 0 aromatic carbocycles. The van der Waals surface area contributed by atoms with Crippen molar-refractivity contribution in [3.8, 4) is 0 Å². The van der Waals surface area contributed by atoms with Gasteiger partial charge in [0.1, 0.15) is 5.82 Å². The molecule has 1 aliphatic carbocycles. The van der Waals surface area contributed by atoms with Gasteiger partial charge in [-0.1, -0.05) is 13.3 Å². The summed E-state index contributed by atoms with van der Waals surface area (Å²) in [6.07, 6.45) is 7.28. The number of nitrogens with zero attached hydrogens (tertiary/aromatic N) is 3. The Hall–Kier alpha value is -1.32. The van der Waals surface area contributed by atoms with E-state index in [1.807, 2.05) is 18.7 Å². The fraction of sp³-hybridized carbons (Fsp3) is 0.733. The number of carbonyl (C=O) groups is 1. The number of aryl methyl sites for hydroxylation is 2. The van der Waals surface area contributed by atoms with Crippen molar-refractivity contribution in [1.29, 1.82) is 0 Å². The van der Waals surface area contributed by atoms with Gasteiger partial charge in [0.2, 0.25) is 0 Å². The molecule has 1 aliphatic rings. The smallest absolute Gasteiger partial charge is 0.155 e. The highest BCUT2D eigenvalue weighted by Gasteiger charge is 2.26. The molecule has 1 saturated carbocycles. The van der Waals surface area contributed by atoms with Crippen molar-refractivity contribution in [3.05, 3.63) is 11.3 Å². The molecule has 0 saturated heterocycles. The number of anilines is 1. The van der Waals surface area contributed by atoms with Gasteiger partial charge >= 0.3 is 0 Å². The summed E-state index contributed by atoms with van der Waals surface area (Å²) >= 11 is 0. The third-order valence-corrected chi connectivity index (χ3v) is 4.63. The lowest BCUT2D eigenvalue weighted by atomic mass is 9.84. The molecule has 0 atom stereocenters. The lowest BCUT2D eigenvalue weighted by Gasteiger charge is -2.35. The summed E-state index contributed by atoms with van der Waals surface area (Å²) in [5, 5.41) is 4.37. The maximum absolute atomic E-state index is 11.3. The average molecular weight is 263 g/mol. The molecule has 1 heterocycles. The first-order valence-corrected chi connectivity index (χ1v) is 7.30. The minimum absolute atomic E-state index is 0.538. The summed E-state index contributed by atoms with van der Waals surface area (Å²) in [7, 11) is 4.02. The van der Waals surface area contributed by atoms with E-state index in [4.69, 9.17) is 0 Å². The van der Waals surface area contributed by atoms with Crippen LogP contribution in [0.5, 0.6) is 0 Å². The van der Waals surface area contributed by atoms with Crippen molar-refractivity contribution in [2.75, 3.05) is 11.9 Å². The van der Waals surface area contributed by atoms with Gasteiger partial charge in [-0.15, -0.1) is 0 Å². The van der Waals surface area contributed by atoms with Crippen LogP contribution >= 0.6 is 0 Å². The summed E-state index contributed by atoms with van der Waals surface area (Å²) in [4.78, 5) is 13.5. The van der Waals surface area contributed by atoms with E-state index in [0.717, 1.165) is 29.3 Å². The summed E-state index contributed by atoms with van der Waals surface area (Å²) in [6.45, 7) is 4.18. The normalized spacial score (nSPS) is 23.4. The Morgan fingerprint density at radius 3 is 2.53 bits per heavy atom. The van der Waals surface area contributed by atoms with Crippen LogP contribution in [-0.2, 0) is 7.05 Å². The van der Waals surface area contributed by atoms with E-state index < -0.39 is 0 Å². The van der Waals surface area contributed by atoms with Gasteiger partial charge < -0.3 is 4.90 Å². The Balaban J connectivity index is 2.16. The molecule has 1 aromatic heterocycles. The molecule has 106 valence electrons.